The molecule has 4 heteroatoms. The molecule has 0 saturated carbocycles. The van der Waals surface area contributed by atoms with Gasteiger partial charge in [-0.3, -0.25) is 9.69 Å². The van der Waals surface area contributed by atoms with E-state index >= 15 is 0 Å². The van der Waals surface area contributed by atoms with Gasteiger partial charge in [0.1, 0.15) is 0 Å². The van der Waals surface area contributed by atoms with Crippen LogP contribution in [0.2, 0.25) is 0 Å². The number of aliphatic carboxylic acids is 1. The van der Waals surface area contributed by atoms with Crippen LogP contribution >= 0.6 is 0 Å². The van der Waals surface area contributed by atoms with Gasteiger partial charge in [0.2, 0.25) is 0 Å². The number of hydrogen-bond donors (Lipinski definition) is 2. The van der Waals surface area contributed by atoms with Crippen molar-refractivity contribution in [2.75, 3.05) is 19.6 Å². The molecule has 0 amide bonds. The molecule has 4 nitrogen and oxygen atoms in total. The van der Waals surface area contributed by atoms with Crippen LogP contribution in [0.3, 0.4) is 0 Å². The first-order valence-electron chi connectivity index (χ1n) is 3.80. The minimum atomic E-state index is -0.731. The third-order valence-corrected chi connectivity index (χ3v) is 1.94. The van der Waals surface area contributed by atoms with Gasteiger partial charge in [-0.05, 0) is 0 Å². The Morgan fingerprint density at radius 2 is 2.36 bits per heavy atom. The smallest absolute Gasteiger partial charge is 0.307 e. The third kappa shape index (κ3) is 2.17. The van der Waals surface area contributed by atoms with E-state index in [4.69, 9.17) is 10.8 Å². The van der Waals surface area contributed by atoms with E-state index in [-0.39, 0.29) is 12.0 Å². The highest BCUT2D eigenvalue weighted by molar-refractivity contribution is 5.69. The first kappa shape index (κ1) is 8.49. The molecule has 0 spiro atoms. The van der Waals surface area contributed by atoms with E-state index in [1.54, 1.807) is 6.92 Å². The van der Waals surface area contributed by atoms with E-state index in [0.29, 0.717) is 6.54 Å². The van der Waals surface area contributed by atoms with Gasteiger partial charge in [-0.1, -0.05) is 6.92 Å². The molecule has 0 aromatic rings. The topological polar surface area (TPSA) is 66.6 Å². The number of rotatable bonds is 3. The summed E-state index contributed by atoms with van der Waals surface area (Å²) < 4.78 is 0. The van der Waals surface area contributed by atoms with Gasteiger partial charge in [-0.25, -0.2) is 0 Å². The van der Waals surface area contributed by atoms with Crippen LogP contribution in [0.5, 0.6) is 0 Å². The van der Waals surface area contributed by atoms with Crippen LogP contribution < -0.4 is 5.73 Å². The summed E-state index contributed by atoms with van der Waals surface area (Å²) in [4.78, 5) is 12.5. The molecule has 0 aromatic carbocycles. The summed E-state index contributed by atoms with van der Waals surface area (Å²) in [6, 6.07) is 0.260. The Labute approximate surface area is 66.0 Å². The lowest BCUT2D eigenvalue weighted by atomic mass is 10.1. The number of carboxylic acids is 1. The van der Waals surface area contributed by atoms with E-state index in [2.05, 4.69) is 4.90 Å². The molecular weight excluding hydrogens is 144 g/mol. The Morgan fingerprint density at radius 3 is 2.73 bits per heavy atom. The fourth-order valence-electron chi connectivity index (χ4n) is 1.22. The second-order valence-electron chi connectivity index (χ2n) is 3.22. The lowest BCUT2D eigenvalue weighted by Crippen LogP contribution is -2.57. The summed E-state index contributed by atoms with van der Waals surface area (Å²) in [5, 5.41) is 8.56. The van der Waals surface area contributed by atoms with Crippen LogP contribution in [0.1, 0.15) is 6.92 Å². The fraction of sp³-hybridized carbons (Fsp3) is 0.857. The van der Waals surface area contributed by atoms with E-state index in [1.807, 2.05) is 0 Å². The van der Waals surface area contributed by atoms with Gasteiger partial charge in [0.05, 0.1) is 5.92 Å². The molecular formula is C7H14N2O2. The zero-order chi connectivity index (χ0) is 8.43. The van der Waals surface area contributed by atoms with Crippen molar-refractivity contribution < 1.29 is 9.90 Å². The van der Waals surface area contributed by atoms with Crippen LogP contribution in [-0.2, 0) is 4.79 Å². The van der Waals surface area contributed by atoms with E-state index in [1.165, 1.54) is 0 Å². The Hall–Kier alpha value is -0.610. The number of carbonyl (C=O) groups is 1. The van der Waals surface area contributed by atoms with Crippen LogP contribution in [0, 0.1) is 5.92 Å². The number of nitrogens with zero attached hydrogens (tertiary/aromatic N) is 1. The molecule has 1 fully saturated rings. The molecule has 11 heavy (non-hydrogen) atoms. The molecule has 1 rings (SSSR count). The molecule has 64 valence electrons. The molecule has 3 N–H and O–H groups in total. The number of carboxylic acid groups (broad SMARTS) is 1. The summed E-state index contributed by atoms with van der Waals surface area (Å²) in [6.07, 6.45) is 0. The van der Waals surface area contributed by atoms with Crippen LogP contribution in [0.15, 0.2) is 0 Å². The first-order chi connectivity index (χ1) is 5.09. The lowest BCUT2D eigenvalue weighted by Gasteiger charge is -2.37. The maximum absolute atomic E-state index is 10.4. The molecule has 0 aromatic heterocycles. The maximum Gasteiger partial charge on any atom is 0.307 e. The Morgan fingerprint density at radius 1 is 1.82 bits per heavy atom. The summed E-state index contributed by atoms with van der Waals surface area (Å²) in [5.41, 5.74) is 5.53. The molecule has 1 aliphatic heterocycles. The molecule has 0 aliphatic carbocycles. The van der Waals surface area contributed by atoms with Crippen molar-refractivity contribution in [3.8, 4) is 0 Å². The predicted molar refractivity (Wildman–Crippen MR) is 41.2 cm³/mol. The van der Waals surface area contributed by atoms with Gasteiger partial charge in [0.25, 0.3) is 0 Å². The van der Waals surface area contributed by atoms with Gasteiger partial charge >= 0.3 is 5.97 Å². The molecule has 1 heterocycles. The van der Waals surface area contributed by atoms with Crippen molar-refractivity contribution in [2.24, 2.45) is 11.7 Å². The van der Waals surface area contributed by atoms with Crippen LogP contribution in [0.4, 0.5) is 0 Å². The predicted octanol–water partition coefficient (Wildman–Crippen LogP) is -0.650. The van der Waals surface area contributed by atoms with Gasteiger partial charge < -0.3 is 10.8 Å². The zero-order valence-corrected chi connectivity index (χ0v) is 6.66. The summed E-state index contributed by atoms with van der Waals surface area (Å²) in [7, 11) is 0. The highest BCUT2D eigenvalue weighted by Crippen LogP contribution is 2.08. The number of hydrogen-bond acceptors (Lipinski definition) is 3. The highest BCUT2D eigenvalue weighted by atomic mass is 16.4. The Kier molecular flexibility index (Phi) is 2.46. The van der Waals surface area contributed by atoms with Crippen LogP contribution in [-0.4, -0.2) is 41.7 Å². The second kappa shape index (κ2) is 3.19. The molecule has 1 aliphatic rings. The number of nitrogens with two attached hydrogens (primary N) is 1. The molecule has 0 bridgehead atoms. The molecule has 1 atom stereocenters. The normalized spacial score (nSPS) is 22.7. The largest absolute Gasteiger partial charge is 0.481 e. The van der Waals surface area contributed by atoms with Crippen molar-refractivity contribution in [1.82, 2.24) is 4.90 Å². The average Bonchev–Trinajstić information content (AvgIpc) is 1.84. The lowest BCUT2D eigenvalue weighted by molar-refractivity contribution is -0.142. The summed E-state index contributed by atoms with van der Waals surface area (Å²) in [6.45, 7) is 4.03. The number of likely N-dealkylation sites (tertiary alicyclic amines) is 1. The van der Waals surface area contributed by atoms with Crippen LogP contribution in [0.25, 0.3) is 0 Å². The summed E-state index contributed by atoms with van der Waals surface area (Å²) >= 11 is 0. The van der Waals surface area contributed by atoms with Gasteiger partial charge in [0, 0.05) is 25.7 Å². The van der Waals surface area contributed by atoms with Crippen molar-refractivity contribution in [3.05, 3.63) is 0 Å². The van der Waals surface area contributed by atoms with E-state index in [9.17, 15) is 4.79 Å². The van der Waals surface area contributed by atoms with Crippen molar-refractivity contribution in [3.63, 3.8) is 0 Å². The monoisotopic (exact) mass is 158 g/mol. The Balaban J connectivity index is 2.16. The average molecular weight is 158 g/mol. The van der Waals surface area contributed by atoms with E-state index in [0.717, 1.165) is 13.1 Å². The standard InChI is InChI=1S/C7H14N2O2/c1-5(7(10)11)2-9-3-6(8)4-9/h5-6H,2-4,8H2,1H3,(H,10,11). The van der Waals surface area contributed by atoms with E-state index < -0.39 is 5.97 Å². The van der Waals surface area contributed by atoms with Gasteiger partial charge in [-0.2, -0.15) is 0 Å². The quantitative estimate of drug-likeness (QED) is 0.573. The van der Waals surface area contributed by atoms with Gasteiger partial charge in [0.15, 0.2) is 0 Å². The fourth-order valence-corrected chi connectivity index (χ4v) is 1.22. The molecule has 1 unspecified atom stereocenters. The minimum absolute atomic E-state index is 0.260. The SMILES string of the molecule is CC(CN1CC(N)C1)C(=O)O. The maximum atomic E-state index is 10.4. The minimum Gasteiger partial charge on any atom is -0.481 e. The zero-order valence-electron chi connectivity index (χ0n) is 6.66. The van der Waals surface area contributed by atoms with Gasteiger partial charge in [-0.15, -0.1) is 0 Å². The van der Waals surface area contributed by atoms with Crippen molar-refractivity contribution in [1.29, 1.82) is 0 Å². The Bertz CT molecular complexity index is 155. The van der Waals surface area contributed by atoms with Crippen molar-refractivity contribution >= 4 is 5.97 Å². The first-order valence-corrected chi connectivity index (χ1v) is 3.80. The van der Waals surface area contributed by atoms with Crippen molar-refractivity contribution in [2.45, 2.75) is 13.0 Å². The second-order valence-corrected chi connectivity index (χ2v) is 3.22. The highest BCUT2D eigenvalue weighted by Gasteiger charge is 2.25. The summed E-state index contributed by atoms with van der Waals surface area (Å²) in [5.74, 6) is -1.01. The third-order valence-electron chi connectivity index (χ3n) is 1.94. The molecule has 1 saturated heterocycles. The molecule has 0 radical (unpaired) electrons.